The Labute approximate surface area is 151 Å². The monoisotopic (exact) mass is 337 g/mol. The van der Waals surface area contributed by atoms with Crippen LogP contribution in [0.25, 0.3) is 0 Å². The van der Waals surface area contributed by atoms with Crippen molar-refractivity contribution in [3.8, 4) is 11.5 Å². The van der Waals surface area contributed by atoms with Crippen LogP contribution >= 0.6 is 0 Å². The minimum atomic E-state index is -0.0690. The molecule has 0 aliphatic heterocycles. The van der Waals surface area contributed by atoms with Crippen molar-refractivity contribution < 1.29 is 9.47 Å². The van der Waals surface area contributed by atoms with E-state index in [9.17, 15) is 0 Å². The summed E-state index contributed by atoms with van der Waals surface area (Å²) in [6.45, 7) is 13.2. The molecule has 0 heterocycles. The number of ether oxygens (including phenoxy) is 2. The highest BCUT2D eigenvalue weighted by Crippen LogP contribution is 2.31. The van der Waals surface area contributed by atoms with Gasteiger partial charge in [0.25, 0.3) is 0 Å². The molecule has 0 amide bonds. The minimum Gasteiger partial charge on any atom is -0.494 e. The molecule has 0 aliphatic carbocycles. The van der Waals surface area contributed by atoms with Crippen LogP contribution in [0.15, 0.2) is 73.8 Å². The summed E-state index contributed by atoms with van der Waals surface area (Å²) in [5.41, 5.74) is 2.11. The highest BCUT2D eigenvalue weighted by molar-refractivity contribution is 5.41. The third kappa shape index (κ3) is 4.74. The summed E-state index contributed by atoms with van der Waals surface area (Å²) in [6, 6.07) is 15.9. The van der Waals surface area contributed by atoms with Crippen molar-refractivity contribution in [3.63, 3.8) is 0 Å². The zero-order valence-corrected chi connectivity index (χ0v) is 15.1. The fourth-order valence-corrected chi connectivity index (χ4v) is 2.81. The first kappa shape index (κ1) is 18.8. The lowest BCUT2D eigenvalue weighted by molar-refractivity contribution is 0.329. The Balaban J connectivity index is 2.31. The summed E-state index contributed by atoms with van der Waals surface area (Å²) in [5, 5.41) is 3.59. The minimum absolute atomic E-state index is 0.0690. The molecule has 2 atom stereocenters. The smallest absolute Gasteiger partial charge is 0.124 e. The Morgan fingerprint density at radius 1 is 0.800 bits per heavy atom. The van der Waals surface area contributed by atoms with Gasteiger partial charge in [-0.3, -0.25) is 5.32 Å². The fraction of sp³-hybridized carbons (Fsp3) is 0.273. The molecule has 2 aromatic carbocycles. The molecule has 0 saturated heterocycles. The molecule has 0 bridgehead atoms. The largest absolute Gasteiger partial charge is 0.494 e. The Kier molecular flexibility index (Phi) is 7.30. The van der Waals surface area contributed by atoms with E-state index in [1.54, 1.807) is 0 Å². The second kappa shape index (κ2) is 9.70. The second-order valence-corrected chi connectivity index (χ2v) is 5.54. The first-order valence-electron chi connectivity index (χ1n) is 8.69. The van der Waals surface area contributed by atoms with E-state index in [0.717, 1.165) is 22.6 Å². The quantitative estimate of drug-likeness (QED) is 0.602. The Bertz CT molecular complexity index is 636. The van der Waals surface area contributed by atoms with Crippen LogP contribution in [0.4, 0.5) is 0 Å². The maximum atomic E-state index is 5.76. The van der Waals surface area contributed by atoms with E-state index in [4.69, 9.17) is 9.47 Å². The van der Waals surface area contributed by atoms with Crippen LogP contribution in [0, 0.1) is 0 Å². The van der Waals surface area contributed by atoms with Gasteiger partial charge in [-0.05, 0) is 26.0 Å². The highest BCUT2D eigenvalue weighted by atomic mass is 16.5. The van der Waals surface area contributed by atoms with Gasteiger partial charge in [-0.1, -0.05) is 48.6 Å². The van der Waals surface area contributed by atoms with Crippen molar-refractivity contribution in [2.45, 2.75) is 25.9 Å². The van der Waals surface area contributed by atoms with Crippen LogP contribution in [-0.4, -0.2) is 13.2 Å². The van der Waals surface area contributed by atoms with Gasteiger partial charge >= 0.3 is 0 Å². The molecular formula is C22H27NO2. The molecule has 0 radical (unpaired) electrons. The average molecular weight is 337 g/mol. The number of rotatable bonds is 10. The Hall–Kier alpha value is -2.52. The summed E-state index contributed by atoms with van der Waals surface area (Å²) in [6.07, 6.45) is 3.77. The number of nitrogens with one attached hydrogen (secondary N) is 1. The molecule has 0 aromatic heterocycles. The SMILES string of the molecule is C=CC(NC(C=C)c1ccccc1OCC)c1ccccc1OCC. The van der Waals surface area contributed by atoms with E-state index < -0.39 is 0 Å². The van der Waals surface area contributed by atoms with Crippen molar-refractivity contribution in [1.29, 1.82) is 0 Å². The Morgan fingerprint density at radius 2 is 1.20 bits per heavy atom. The standard InChI is InChI=1S/C22H27NO2/c1-5-19(17-13-9-11-15-21(17)24-7-3)23-20(6-2)18-14-10-12-16-22(18)25-8-4/h5-6,9-16,19-20,23H,1-2,7-8H2,3-4H3. The summed E-state index contributed by atoms with van der Waals surface area (Å²) in [7, 11) is 0. The Morgan fingerprint density at radius 3 is 1.56 bits per heavy atom. The van der Waals surface area contributed by atoms with Crippen LogP contribution < -0.4 is 14.8 Å². The lowest BCUT2D eigenvalue weighted by Gasteiger charge is -2.25. The van der Waals surface area contributed by atoms with Crippen LogP contribution in [0.5, 0.6) is 11.5 Å². The highest BCUT2D eigenvalue weighted by Gasteiger charge is 2.19. The normalized spacial score (nSPS) is 12.9. The van der Waals surface area contributed by atoms with Gasteiger partial charge < -0.3 is 9.47 Å². The summed E-state index contributed by atoms with van der Waals surface area (Å²) >= 11 is 0. The van der Waals surface area contributed by atoms with Crippen LogP contribution in [0.2, 0.25) is 0 Å². The molecule has 0 spiro atoms. The summed E-state index contributed by atoms with van der Waals surface area (Å²) in [4.78, 5) is 0. The van der Waals surface area contributed by atoms with Crippen molar-refractivity contribution in [1.82, 2.24) is 5.32 Å². The third-order valence-corrected chi connectivity index (χ3v) is 3.94. The van der Waals surface area contributed by atoms with Crippen LogP contribution in [0.3, 0.4) is 0 Å². The predicted octanol–water partition coefficient (Wildman–Crippen LogP) is 5.23. The number of benzene rings is 2. The van der Waals surface area contributed by atoms with E-state index >= 15 is 0 Å². The van der Waals surface area contributed by atoms with Gasteiger partial charge in [0.05, 0.1) is 25.3 Å². The molecule has 25 heavy (non-hydrogen) atoms. The fourth-order valence-electron chi connectivity index (χ4n) is 2.81. The maximum absolute atomic E-state index is 5.76. The average Bonchev–Trinajstić information content (AvgIpc) is 2.65. The molecular weight excluding hydrogens is 310 g/mol. The molecule has 0 aliphatic rings. The lowest BCUT2D eigenvalue weighted by atomic mass is 10.0. The van der Waals surface area contributed by atoms with E-state index in [1.807, 2.05) is 62.4 Å². The van der Waals surface area contributed by atoms with Gasteiger partial charge in [0.2, 0.25) is 0 Å². The van der Waals surface area contributed by atoms with Crippen LogP contribution in [0.1, 0.15) is 37.1 Å². The van der Waals surface area contributed by atoms with E-state index in [2.05, 4.69) is 30.6 Å². The van der Waals surface area contributed by atoms with Gasteiger partial charge in [0.15, 0.2) is 0 Å². The number of hydrogen-bond donors (Lipinski definition) is 1. The zero-order chi connectivity index (χ0) is 18.1. The maximum Gasteiger partial charge on any atom is 0.124 e. The van der Waals surface area contributed by atoms with E-state index in [1.165, 1.54) is 0 Å². The molecule has 3 nitrogen and oxygen atoms in total. The van der Waals surface area contributed by atoms with Crippen molar-refractivity contribution in [3.05, 3.63) is 85.0 Å². The van der Waals surface area contributed by atoms with Crippen molar-refractivity contribution in [2.75, 3.05) is 13.2 Å². The van der Waals surface area contributed by atoms with Crippen molar-refractivity contribution >= 4 is 0 Å². The van der Waals surface area contributed by atoms with E-state index in [0.29, 0.717) is 13.2 Å². The van der Waals surface area contributed by atoms with Crippen LogP contribution in [-0.2, 0) is 0 Å². The summed E-state index contributed by atoms with van der Waals surface area (Å²) in [5.74, 6) is 1.73. The molecule has 0 fully saturated rings. The molecule has 3 heteroatoms. The molecule has 2 aromatic rings. The van der Waals surface area contributed by atoms with Gasteiger partial charge in [-0.15, -0.1) is 13.2 Å². The molecule has 132 valence electrons. The number of hydrogen-bond acceptors (Lipinski definition) is 3. The lowest BCUT2D eigenvalue weighted by Crippen LogP contribution is -2.25. The van der Waals surface area contributed by atoms with Gasteiger partial charge in [-0.25, -0.2) is 0 Å². The molecule has 2 rings (SSSR count). The molecule has 1 N–H and O–H groups in total. The van der Waals surface area contributed by atoms with E-state index in [-0.39, 0.29) is 12.1 Å². The molecule has 2 unspecified atom stereocenters. The number of para-hydroxylation sites is 2. The second-order valence-electron chi connectivity index (χ2n) is 5.54. The van der Waals surface area contributed by atoms with Gasteiger partial charge in [0.1, 0.15) is 11.5 Å². The first-order chi connectivity index (χ1) is 12.2. The van der Waals surface area contributed by atoms with Crippen molar-refractivity contribution in [2.24, 2.45) is 0 Å². The first-order valence-corrected chi connectivity index (χ1v) is 8.69. The third-order valence-electron chi connectivity index (χ3n) is 3.94. The molecule has 0 saturated carbocycles. The zero-order valence-electron chi connectivity index (χ0n) is 15.1. The predicted molar refractivity (Wildman–Crippen MR) is 104 cm³/mol. The van der Waals surface area contributed by atoms with Gasteiger partial charge in [0, 0.05) is 11.1 Å². The summed E-state index contributed by atoms with van der Waals surface area (Å²) < 4.78 is 11.5. The van der Waals surface area contributed by atoms with Gasteiger partial charge in [-0.2, -0.15) is 0 Å². The topological polar surface area (TPSA) is 30.5 Å².